The van der Waals surface area contributed by atoms with Gasteiger partial charge in [-0.05, 0) is 11.6 Å². The number of hydrogen-bond donors (Lipinski definition) is 0. The third-order valence-corrected chi connectivity index (χ3v) is 2.74. The van der Waals surface area contributed by atoms with Gasteiger partial charge in [-0.1, -0.05) is 24.3 Å². The largest absolute Gasteiger partial charge is 0.509 e. The minimum Gasteiger partial charge on any atom is -0.445 e. The number of ether oxygens (including phenoxy) is 2. The Bertz CT molecular complexity index is 595. The first-order chi connectivity index (χ1) is 9.58. The van der Waals surface area contributed by atoms with Crippen molar-refractivity contribution in [1.82, 2.24) is 0 Å². The molecule has 0 spiro atoms. The molecule has 0 bridgehead atoms. The van der Waals surface area contributed by atoms with E-state index in [0.717, 1.165) is 30.3 Å². The lowest BCUT2D eigenvalue weighted by Crippen LogP contribution is -2.41. The van der Waals surface area contributed by atoms with Crippen LogP contribution in [-0.2, 0) is 19.1 Å². The lowest BCUT2D eigenvalue weighted by molar-refractivity contribution is -0.222. The average Bonchev–Trinajstić information content (AvgIpc) is 2.32. The molecular weight excluding hydrogens is 288 g/mol. The van der Waals surface area contributed by atoms with Crippen molar-refractivity contribution in [2.75, 3.05) is 0 Å². The molecule has 0 amide bonds. The lowest BCUT2D eigenvalue weighted by Gasteiger charge is -2.29. The van der Waals surface area contributed by atoms with Crippen LogP contribution in [0.15, 0.2) is 29.8 Å². The standard InChI is InChI=1S/C13H11BF3O4/c1-13(2)20-11(18)10(12(19)21-13)7-8-3-5-9(6-4-8)14(15,16)17/h3-7H,1-2H3/q-1. The van der Waals surface area contributed by atoms with Crippen molar-refractivity contribution in [2.24, 2.45) is 0 Å². The SMILES string of the molecule is CC1(C)OC(=O)C(=Cc2ccc([B-](F)(F)F)cc2)C(=O)O1. The highest BCUT2D eigenvalue weighted by atomic mass is 19.4. The summed E-state index contributed by atoms with van der Waals surface area (Å²) in [5.41, 5.74) is -0.853. The van der Waals surface area contributed by atoms with E-state index in [1.54, 1.807) is 0 Å². The number of benzene rings is 1. The summed E-state index contributed by atoms with van der Waals surface area (Å²) in [6, 6.07) is 4.10. The van der Waals surface area contributed by atoms with Gasteiger partial charge in [-0.2, -0.15) is 0 Å². The van der Waals surface area contributed by atoms with Crippen molar-refractivity contribution in [3.63, 3.8) is 0 Å². The fourth-order valence-corrected chi connectivity index (χ4v) is 1.76. The zero-order valence-corrected chi connectivity index (χ0v) is 11.2. The fraction of sp³-hybridized carbons (Fsp3) is 0.231. The van der Waals surface area contributed by atoms with E-state index in [0.29, 0.717) is 0 Å². The zero-order chi connectivity index (χ0) is 15.8. The van der Waals surface area contributed by atoms with Crippen LogP contribution in [0, 0.1) is 0 Å². The summed E-state index contributed by atoms with van der Waals surface area (Å²) in [6.07, 6.45) is 1.13. The molecule has 0 unspecified atom stereocenters. The smallest absolute Gasteiger partial charge is 0.445 e. The molecule has 1 aromatic carbocycles. The Morgan fingerprint density at radius 2 is 1.48 bits per heavy atom. The maximum Gasteiger partial charge on any atom is 0.509 e. The fourth-order valence-electron chi connectivity index (χ4n) is 1.76. The highest BCUT2D eigenvalue weighted by Crippen LogP contribution is 2.24. The van der Waals surface area contributed by atoms with Crippen LogP contribution >= 0.6 is 0 Å². The summed E-state index contributed by atoms with van der Waals surface area (Å²) in [6.45, 7) is -2.28. The molecule has 112 valence electrons. The Morgan fingerprint density at radius 3 is 1.90 bits per heavy atom. The molecule has 0 atom stereocenters. The molecule has 0 saturated carbocycles. The second kappa shape index (κ2) is 4.94. The molecule has 21 heavy (non-hydrogen) atoms. The summed E-state index contributed by atoms with van der Waals surface area (Å²) in [5.74, 6) is -3.10. The molecule has 0 aromatic heterocycles. The summed E-state index contributed by atoms with van der Waals surface area (Å²) in [4.78, 5) is 23.4. The first-order valence-electron chi connectivity index (χ1n) is 6.07. The van der Waals surface area contributed by atoms with Crippen molar-refractivity contribution < 1.29 is 32.0 Å². The Balaban J connectivity index is 2.28. The van der Waals surface area contributed by atoms with E-state index < -0.39 is 30.2 Å². The molecule has 8 heteroatoms. The van der Waals surface area contributed by atoms with Crippen LogP contribution in [0.1, 0.15) is 19.4 Å². The Hall–Kier alpha value is -2.25. The number of cyclic esters (lactones) is 2. The van der Waals surface area contributed by atoms with Gasteiger partial charge >= 0.3 is 18.9 Å². The molecule has 1 fully saturated rings. The third kappa shape index (κ3) is 3.45. The van der Waals surface area contributed by atoms with Crippen molar-refractivity contribution in [1.29, 1.82) is 0 Å². The molecule has 0 N–H and O–H groups in total. The van der Waals surface area contributed by atoms with Gasteiger partial charge in [0.05, 0.1) is 0 Å². The van der Waals surface area contributed by atoms with E-state index in [2.05, 4.69) is 0 Å². The third-order valence-electron chi connectivity index (χ3n) is 2.74. The first-order valence-corrected chi connectivity index (χ1v) is 6.07. The van der Waals surface area contributed by atoms with Crippen LogP contribution < -0.4 is 5.46 Å². The number of halogens is 3. The van der Waals surface area contributed by atoms with Gasteiger partial charge in [0.25, 0.3) is 5.79 Å². The van der Waals surface area contributed by atoms with Crippen LogP contribution in [0.25, 0.3) is 6.08 Å². The number of hydrogen-bond acceptors (Lipinski definition) is 4. The van der Waals surface area contributed by atoms with Crippen molar-refractivity contribution in [2.45, 2.75) is 19.6 Å². The van der Waals surface area contributed by atoms with E-state index in [1.165, 1.54) is 13.8 Å². The van der Waals surface area contributed by atoms with Crippen LogP contribution in [0.2, 0.25) is 0 Å². The molecule has 4 nitrogen and oxygen atoms in total. The highest BCUT2D eigenvalue weighted by Gasteiger charge is 2.38. The van der Waals surface area contributed by atoms with Crippen LogP contribution in [0.4, 0.5) is 12.9 Å². The van der Waals surface area contributed by atoms with Gasteiger partial charge < -0.3 is 22.4 Å². The second-order valence-electron chi connectivity index (χ2n) is 4.98. The van der Waals surface area contributed by atoms with Gasteiger partial charge in [0.2, 0.25) is 0 Å². The van der Waals surface area contributed by atoms with Crippen LogP contribution in [0.5, 0.6) is 0 Å². The molecule has 2 rings (SSSR count). The second-order valence-corrected chi connectivity index (χ2v) is 4.98. The number of carbonyl (C=O) groups excluding carboxylic acids is 2. The maximum atomic E-state index is 12.5. The molecule has 1 saturated heterocycles. The summed E-state index contributed by atoms with van der Waals surface area (Å²) in [5, 5.41) is 0. The van der Waals surface area contributed by atoms with Crippen molar-refractivity contribution in [3.05, 3.63) is 35.4 Å². The van der Waals surface area contributed by atoms with Gasteiger partial charge in [0.1, 0.15) is 5.57 Å². The average molecular weight is 299 g/mol. The zero-order valence-electron chi connectivity index (χ0n) is 11.2. The monoisotopic (exact) mass is 299 g/mol. The molecule has 1 aliphatic heterocycles. The first kappa shape index (κ1) is 15.1. The van der Waals surface area contributed by atoms with Crippen molar-refractivity contribution >= 4 is 30.5 Å². The number of esters is 2. The quantitative estimate of drug-likeness (QED) is 0.362. The van der Waals surface area contributed by atoms with E-state index in [1.807, 2.05) is 0 Å². The minimum absolute atomic E-state index is 0.266. The summed E-state index contributed by atoms with van der Waals surface area (Å²) < 4.78 is 47.2. The Labute approximate surface area is 118 Å². The van der Waals surface area contributed by atoms with E-state index in [4.69, 9.17) is 9.47 Å². The number of rotatable bonds is 2. The van der Waals surface area contributed by atoms with Gasteiger partial charge in [-0.25, -0.2) is 9.59 Å². The summed E-state index contributed by atoms with van der Waals surface area (Å²) in [7, 11) is 0. The topological polar surface area (TPSA) is 52.6 Å². The van der Waals surface area contributed by atoms with Gasteiger partial charge in [-0.15, -0.1) is 5.46 Å². The van der Waals surface area contributed by atoms with Gasteiger partial charge in [-0.3, -0.25) is 0 Å². The van der Waals surface area contributed by atoms with E-state index in [-0.39, 0.29) is 11.1 Å². The molecule has 0 aliphatic carbocycles. The van der Waals surface area contributed by atoms with Gasteiger partial charge in [0, 0.05) is 13.8 Å². The minimum atomic E-state index is -5.08. The molecular formula is C13H11BF3O4-. The lowest BCUT2D eigenvalue weighted by atomic mass is 9.80. The van der Waals surface area contributed by atoms with Crippen LogP contribution in [-0.4, -0.2) is 24.7 Å². The predicted octanol–water partition coefficient (Wildman–Crippen LogP) is 1.96. The summed E-state index contributed by atoms with van der Waals surface area (Å²) >= 11 is 0. The molecule has 1 aliphatic rings. The molecule has 1 heterocycles. The van der Waals surface area contributed by atoms with Gasteiger partial charge in [0.15, 0.2) is 0 Å². The Kier molecular flexibility index (Phi) is 3.57. The normalized spacial score (nSPS) is 18.0. The highest BCUT2D eigenvalue weighted by molar-refractivity contribution is 6.73. The molecule has 0 radical (unpaired) electrons. The maximum absolute atomic E-state index is 12.5. The van der Waals surface area contributed by atoms with Crippen LogP contribution in [0.3, 0.4) is 0 Å². The Morgan fingerprint density at radius 1 is 1.00 bits per heavy atom. The van der Waals surface area contributed by atoms with E-state index in [9.17, 15) is 22.5 Å². The van der Waals surface area contributed by atoms with Crippen molar-refractivity contribution in [3.8, 4) is 0 Å². The molecule has 1 aromatic rings. The van der Waals surface area contributed by atoms with E-state index >= 15 is 0 Å². The number of carbonyl (C=O) groups is 2. The predicted molar refractivity (Wildman–Crippen MR) is 69.4 cm³/mol.